The molecule has 0 spiro atoms. The first-order valence-corrected chi connectivity index (χ1v) is 4.85. The molecule has 13 heavy (non-hydrogen) atoms. The summed E-state index contributed by atoms with van der Waals surface area (Å²) in [7, 11) is -4.72. The van der Waals surface area contributed by atoms with Crippen LogP contribution in [0.5, 0.6) is 0 Å². The molecule has 0 saturated heterocycles. The van der Waals surface area contributed by atoms with Gasteiger partial charge in [-0.2, -0.15) is 8.42 Å². The standard InChI is InChI=1S/C5H13NO6S/c6-4(1-7)5(2-8,3-9)13(10,11)12/h4,7-9H,1-3,6H2,(H,10,11,12). The fraction of sp³-hybridized carbons (Fsp3) is 1.00. The Bertz CT molecular complexity index is 246. The average Bonchev–Trinajstić information content (AvgIpc) is 2.04. The van der Waals surface area contributed by atoms with Crippen LogP contribution in [0, 0.1) is 0 Å². The van der Waals surface area contributed by atoms with Gasteiger partial charge in [0.15, 0.2) is 4.75 Å². The molecule has 1 atom stereocenters. The van der Waals surface area contributed by atoms with Gasteiger partial charge in [-0.05, 0) is 0 Å². The van der Waals surface area contributed by atoms with Gasteiger partial charge in [0.2, 0.25) is 0 Å². The van der Waals surface area contributed by atoms with Crippen molar-refractivity contribution in [2.75, 3.05) is 19.8 Å². The van der Waals surface area contributed by atoms with Crippen molar-refractivity contribution in [1.82, 2.24) is 0 Å². The van der Waals surface area contributed by atoms with Crippen molar-refractivity contribution in [2.45, 2.75) is 10.8 Å². The van der Waals surface area contributed by atoms with E-state index in [0.29, 0.717) is 0 Å². The third-order valence-corrected chi connectivity index (χ3v) is 3.51. The molecule has 0 aliphatic carbocycles. The van der Waals surface area contributed by atoms with E-state index in [1.807, 2.05) is 0 Å². The fourth-order valence-electron chi connectivity index (χ4n) is 0.805. The van der Waals surface area contributed by atoms with Crippen LogP contribution in [0.4, 0.5) is 0 Å². The highest BCUT2D eigenvalue weighted by molar-refractivity contribution is 7.87. The van der Waals surface area contributed by atoms with Crippen molar-refractivity contribution in [3.05, 3.63) is 0 Å². The number of aliphatic hydroxyl groups excluding tert-OH is 3. The predicted octanol–water partition coefficient (Wildman–Crippen LogP) is -3.08. The largest absolute Gasteiger partial charge is 0.395 e. The van der Waals surface area contributed by atoms with Gasteiger partial charge in [0.1, 0.15) is 0 Å². The van der Waals surface area contributed by atoms with E-state index < -0.39 is 40.7 Å². The van der Waals surface area contributed by atoms with Gasteiger partial charge in [0, 0.05) is 0 Å². The molecular formula is C5H13NO6S. The van der Waals surface area contributed by atoms with E-state index in [4.69, 9.17) is 25.6 Å². The Kier molecular flexibility index (Phi) is 4.23. The molecule has 80 valence electrons. The van der Waals surface area contributed by atoms with E-state index in [-0.39, 0.29) is 0 Å². The molecular weight excluding hydrogens is 202 g/mol. The predicted molar refractivity (Wildman–Crippen MR) is 43.5 cm³/mol. The zero-order valence-electron chi connectivity index (χ0n) is 6.79. The minimum Gasteiger partial charge on any atom is -0.395 e. The van der Waals surface area contributed by atoms with Crippen molar-refractivity contribution in [1.29, 1.82) is 0 Å². The van der Waals surface area contributed by atoms with E-state index in [1.54, 1.807) is 0 Å². The van der Waals surface area contributed by atoms with Gasteiger partial charge in [-0.25, -0.2) is 0 Å². The summed E-state index contributed by atoms with van der Waals surface area (Å²) in [4.78, 5) is 0. The normalized spacial score (nSPS) is 15.8. The summed E-state index contributed by atoms with van der Waals surface area (Å²) in [5, 5.41) is 26.0. The molecule has 0 heterocycles. The summed E-state index contributed by atoms with van der Waals surface area (Å²) in [6.07, 6.45) is 0. The number of aliphatic hydroxyl groups is 3. The van der Waals surface area contributed by atoms with Gasteiger partial charge in [0.05, 0.1) is 25.9 Å². The van der Waals surface area contributed by atoms with Crippen LogP contribution in [0.3, 0.4) is 0 Å². The summed E-state index contributed by atoms with van der Waals surface area (Å²) < 4.78 is 27.9. The monoisotopic (exact) mass is 215 g/mol. The average molecular weight is 215 g/mol. The minimum absolute atomic E-state index is 0.777. The summed E-state index contributed by atoms with van der Waals surface area (Å²) >= 11 is 0. The number of nitrogens with two attached hydrogens (primary N) is 1. The van der Waals surface area contributed by atoms with Gasteiger partial charge in [-0.1, -0.05) is 0 Å². The van der Waals surface area contributed by atoms with E-state index in [9.17, 15) is 8.42 Å². The third kappa shape index (κ3) is 2.16. The Hall–Kier alpha value is -0.250. The zero-order valence-corrected chi connectivity index (χ0v) is 7.61. The Morgan fingerprint density at radius 2 is 1.62 bits per heavy atom. The number of rotatable bonds is 5. The smallest absolute Gasteiger partial charge is 0.276 e. The molecule has 0 aromatic carbocycles. The lowest BCUT2D eigenvalue weighted by atomic mass is 10.0. The lowest BCUT2D eigenvalue weighted by Gasteiger charge is -2.30. The first kappa shape index (κ1) is 12.8. The molecule has 0 bridgehead atoms. The van der Waals surface area contributed by atoms with Crippen molar-refractivity contribution >= 4 is 10.1 Å². The van der Waals surface area contributed by atoms with Crippen molar-refractivity contribution in [3.63, 3.8) is 0 Å². The maximum Gasteiger partial charge on any atom is 0.276 e. The van der Waals surface area contributed by atoms with Crippen molar-refractivity contribution in [2.24, 2.45) is 5.73 Å². The molecule has 8 heteroatoms. The Morgan fingerprint density at radius 1 is 1.23 bits per heavy atom. The Labute approximate surface area is 75.6 Å². The molecule has 0 fully saturated rings. The summed E-state index contributed by atoms with van der Waals surface area (Å²) in [5.41, 5.74) is 5.15. The molecule has 0 aliphatic rings. The summed E-state index contributed by atoms with van der Waals surface area (Å²) in [6.45, 7) is -2.91. The Balaban J connectivity index is 5.16. The fourth-order valence-corrected chi connectivity index (χ4v) is 1.59. The Morgan fingerprint density at radius 3 is 1.69 bits per heavy atom. The first-order valence-electron chi connectivity index (χ1n) is 3.41. The lowest BCUT2D eigenvalue weighted by molar-refractivity contribution is 0.117. The van der Waals surface area contributed by atoms with Crippen LogP contribution in [-0.2, 0) is 10.1 Å². The molecule has 0 aliphatic heterocycles. The second-order valence-corrected chi connectivity index (χ2v) is 4.41. The molecule has 7 nitrogen and oxygen atoms in total. The summed E-state index contributed by atoms with van der Waals surface area (Å²) in [5.74, 6) is 0. The van der Waals surface area contributed by atoms with Crippen LogP contribution in [0.25, 0.3) is 0 Å². The molecule has 6 N–H and O–H groups in total. The van der Waals surface area contributed by atoms with Crippen molar-refractivity contribution < 1.29 is 28.3 Å². The number of hydrogen-bond donors (Lipinski definition) is 5. The van der Waals surface area contributed by atoms with Crippen LogP contribution in [0.15, 0.2) is 0 Å². The minimum atomic E-state index is -4.72. The molecule has 1 unspecified atom stereocenters. The highest BCUT2D eigenvalue weighted by Crippen LogP contribution is 2.18. The zero-order chi connectivity index (χ0) is 10.7. The molecule has 0 amide bonds. The second kappa shape index (κ2) is 4.31. The quantitative estimate of drug-likeness (QED) is 0.306. The van der Waals surface area contributed by atoms with E-state index in [0.717, 1.165) is 0 Å². The maximum atomic E-state index is 10.8. The van der Waals surface area contributed by atoms with Gasteiger partial charge >= 0.3 is 0 Å². The molecule has 0 aromatic rings. The molecule has 0 rings (SSSR count). The highest BCUT2D eigenvalue weighted by Gasteiger charge is 2.47. The van der Waals surface area contributed by atoms with Gasteiger partial charge in [0.25, 0.3) is 10.1 Å². The van der Waals surface area contributed by atoms with Gasteiger partial charge in [-0.15, -0.1) is 0 Å². The van der Waals surface area contributed by atoms with Crippen LogP contribution in [-0.4, -0.2) is 58.9 Å². The summed E-state index contributed by atoms with van der Waals surface area (Å²) in [6, 6.07) is -1.45. The van der Waals surface area contributed by atoms with Crippen molar-refractivity contribution in [3.8, 4) is 0 Å². The number of hydrogen-bond acceptors (Lipinski definition) is 6. The van der Waals surface area contributed by atoms with Crippen LogP contribution in [0.2, 0.25) is 0 Å². The van der Waals surface area contributed by atoms with Crippen LogP contribution >= 0.6 is 0 Å². The van der Waals surface area contributed by atoms with Gasteiger partial charge < -0.3 is 21.1 Å². The van der Waals surface area contributed by atoms with Crippen LogP contribution in [0.1, 0.15) is 0 Å². The molecule has 0 aromatic heterocycles. The molecule has 0 saturated carbocycles. The van der Waals surface area contributed by atoms with Gasteiger partial charge in [-0.3, -0.25) is 4.55 Å². The highest BCUT2D eigenvalue weighted by atomic mass is 32.2. The van der Waals surface area contributed by atoms with E-state index in [1.165, 1.54) is 0 Å². The van der Waals surface area contributed by atoms with E-state index >= 15 is 0 Å². The van der Waals surface area contributed by atoms with E-state index in [2.05, 4.69) is 0 Å². The SMILES string of the molecule is NC(CO)C(CO)(CO)S(=O)(=O)O. The third-order valence-electron chi connectivity index (χ3n) is 1.92. The maximum absolute atomic E-state index is 10.8. The first-order chi connectivity index (χ1) is 5.85. The topological polar surface area (TPSA) is 141 Å². The lowest BCUT2D eigenvalue weighted by Crippen LogP contribution is -2.60. The molecule has 0 radical (unpaired) electrons. The van der Waals surface area contributed by atoms with Crippen LogP contribution < -0.4 is 5.73 Å². The second-order valence-electron chi connectivity index (χ2n) is 2.65.